The van der Waals surface area contributed by atoms with Crippen molar-refractivity contribution in [3.8, 4) is 0 Å². The first kappa shape index (κ1) is 11.9. The standard InChI is InChI=1S/C13H20N2S/c1-2-10-3-4-12(15-8-10)7-13(14)11-5-6-16-9-11/h3-4,8,11,13H,2,5-7,9,14H2,1H3. The van der Waals surface area contributed by atoms with Gasteiger partial charge in [0.2, 0.25) is 0 Å². The van der Waals surface area contributed by atoms with E-state index in [9.17, 15) is 0 Å². The summed E-state index contributed by atoms with van der Waals surface area (Å²) in [6.07, 6.45) is 5.23. The van der Waals surface area contributed by atoms with Crippen molar-refractivity contribution < 1.29 is 0 Å². The van der Waals surface area contributed by atoms with E-state index >= 15 is 0 Å². The molecule has 1 fully saturated rings. The van der Waals surface area contributed by atoms with Gasteiger partial charge in [0.15, 0.2) is 0 Å². The zero-order valence-electron chi connectivity index (χ0n) is 9.86. The van der Waals surface area contributed by atoms with Gasteiger partial charge in [-0.3, -0.25) is 4.98 Å². The average molecular weight is 236 g/mol. The molecular formula is C13H20N2S. The third kappa shape index (κ3) is 2.98. The molecule has 2 nitrogen and oxygen atoms in total. The van der Waals surface area contributed by atoms with E-state index in [1.54, 1.807) is 0 Å². The van der Waals surface area contributed by atoms with E-state index in [4.69, 9.17) is 5.73 Å². The number of hydrogen-bond donors (Lipinski definition) is 1. The van der Waals surface area contributed by atoms with Crippen LogP contribution in [-0.4, -0.2) is 22.5 Å². The maximum absolute atomic E-state index is 6.23. The molecule has 3 heteroatoms. The second-order valence-electron chi connectivity index (χ2n) is 4.50. The molecular weight excluding hydrogens is 216 g/mol. The van der Waals surface area contributed by atoms with Gasteiger partial charge in [0, 0.05) is 24.4 Å². The summed E-state index contributed by atoms with van der Waals surface area (Å²) >= 11 is 2.03. The van der Waals surface area contributed by atoms with Gasteiger partial charge in [0.25, 0.3) is 0 Å². The van der Waals surface area contributed by atoms with Gasteiger partial charge >= 0.3 is 0 Å². The van der Waals surface area contributed by atoms with Gasteiger partial charge in [0.1, 0.15) is 0 Å². The first-order valence-corrected chi connectivity index (χ1v) is 7.22. The molecule has 1 aliphatic rings. The maximum atomic E-state index is 6.23. The van der Waals surface area contributed by atoms with Crippen LogP contribution in [0, 0.1) is 5.92 Å². The van der Waals surface area contributed by atoms with Crippen LogP contribution in [0.15, 0.2) is 18.3 Å². The number of hydrogen-bond acceptors (Lipinski definition) is 3. The lowest BCUT2D eigenvalue weighted by molar-refractivity contribution is 0.459. The molecule has 2 atom stereocenters. The second-order valence-corrected chi connectivity index (χ2v) is 5.65. The van der Waals surface area contributed by atoms with Crippen molar-refractivity contribution in [3.05, 3.63) is 29.6 Å². The van der Waals surface area contributed by atoms with Crippen LogP contribution >= 0.6 is 11.8 Å². The van der Waals surface area contributed by atoms with Crippen LogP contribution in [0.25, 0.3) is 0 Å². The highest BCUT2D eigenvalue weighted by Crippen LogP contribution is 2.26. The van der Waals surface area contributed by atoms with E-state index in [1.165, 1.54) is 23.5 Å². The summed E-state index contributed by atoms with van der Waals surface area (Å²) in [6, 6.07) is 4.58. The number of aromatic nitrogens is 1. The smallest absolute Gasteiger partial charge is 0.0419 e. The number of thioether (sulfide) groups is 1. The van der Waals surface area contributed by atoms with E-state index in [1.807, 2.05) is 18.0 Å². The summed E-state index contributed by atoms with van der Waals surface area (Å²) in [4.78, 5) is 4.47. The molecule has 16 heavy (non-hydrogen) atoms. The molecule has 1 saturated heterocycles. The highest BCUT2D eigenvalue weighted by molar-refractivity contribution is 7.99. The molecule has 0 aliphatic carbocycles. The highest BCUT2D eigenvalue weighted by Gasteiger charge is 2.22. The predicted molar refractivity (Wildman–Crippen MR) is 70.7 cm³/mol. The maximum Gasteiger partial charge on any atom is 0.0419 e. The molecule has 2 unspecified atom stereocenters. The van der Waals surface area contributed by atoms with Crippen LogP contribution in [0.5, 0.6) is 0 Å². The molecule has 0 amide bonds. The molecule has 1 aliphatic heterocycles. The SMILES string of the molecule is CCc1ccc(CC(N)C2CCSC2)nc1. The van der Waals surface area contributed by atoms with Crippen molar-refractivity contribution in [2.45, 2.75) is 32.2 Å². The zero-order valence-corrected chi connectivity index (χ0v) is 10.7. The zero-order chi connectivity index (χ0) is 11.4. The van der Waals surface area contributed by atoms with Crippen LogP contribution in [-0.2, 0) is 12.8 Å². The van der Waals surface area contributed by atoms with E-state index in [0.717, 1.165) is 18.5 Å². The lowest BCUT2D eigenvalue weighted by Gasteiger charge is -2.17. The Morgan fingerprint density at radius 2 is 2.44 bits per heavy atom. The van der Waals surface area contributed by atoms with E-state index in [2.05, 4.69) is 24.0 Å². The average Bonchev–Trinajstić information content (AvgIpc) is 2.83. The molecule has 88 valence electrons. The monoisotopic (exact) mass is 236 g/mol. The molecule has 0 radical (unpaired) electrons. The Hall–Kier alpha value is -0.540. The minimum absolute atomic E-state index is 0.287. The van der Waals surface area contributed by atoms with Crippen LogP contribution in [0.1, 0.15) is 24.6 Å². The molecule has 0 aromatic carbocycles. The molecule has 2 rings (SSSR count). The molecule has 1 aromatic rings. The Morgan fingerprint density at radius 3 is 3.00 bits per heavy atom. The summed E-state index contributed by atoms with van der Waals surface area (Å²) in [5, 5.41) is 0. The molecule has 0 saturated carbocycles. The van der Waals surface area contributed by atoms with Crippen molar-refractivity contribution in [3.63, 3.8) is 0 Å². The normalized spacial score (nSPS) is 22.2. The third-order valence-corrected chi connectivity index (χ3v) is 4.50. The third-order valence-electron chi connectivity index (χ3n) is 3.31. The van der Waals surface area contributed by atoms with Crippen LogP contribution < -0.4 is 5.73 Å². The van der Waals surface area contributed by atoms with E-state index < -0.39 is 0 Å². The van der Waals surface area contributed by atoms with Crippen molar-refractivity contribution in [2.75, 3.05) is 11.5 Å². The predicted octanol–water partition coefficient (Wildman–Crippen LogP) is 2.27. The largest absolute Gasteiger partial charge is 0.327 e. The number of pyridine rings is 1. The quantitative estimate of drug-likeness (QED) is 0.871. The Labute approximate surface area is 102 Å². The van der Waals surface area contributed by atoms with Crippen molar-refractivity contribution in [2.24, 2.45) is 11.7 Å². The summed E-state index contributed by atoms with van der Waals surface area (Å²) in [6.45, 7) is 2.15. The van der Waals surface area contributed by atoms with Crippen molar-refractivity contribution in [1.29, 1.82) is 0 Å². The molecule has 1 aromatic heterocycles. The second kappa shape index (κ2) is 5.69. The highest BCUT2D eigenvalue weighted by atomic mass is 32.2. The van der Waals surface area contributed by atoms with Crippen molar-refractivity contribution >= 4 is 11.8 Å². The fraction of sp³-hybridized carbons (Fsp3) is 0.615. The first-order valence-electron chi connectivity index (χ1n) is 6.06. The lowest BCUT2D eigenvalue weighted by atomic mass is 9.95. The molecule has 2 N–H and O–H groups in total. The van der Waals surface area contributed by atoms with Gasteiger partial charge < -0.3 is 5.73 Å². The Bertz CT molecular complexity index is 317. The van der Waals surface area contributed by atoms with Gasteiger partial charge in [-0.05, 0) is 41.9 Å². The Kier molecular flexibility index (Phi) is 4.24. The number of aryl methyl sites for hydroxylation is 1. The lowest BCUT2D eigenvalue weighted by Crippen LogP contribution is -2.32. The summed E-state index contributed by atoms with van der Waals surface area (Å²) in [5.74, 6) is 3.20. The van der Waals surface area contributed by atoms with Gasteiger partial charge in [-0.1, -0.05) is 13.0 Å². The van der Waals surface area contributed by atoms with E-state index in [0.29, 0.717) is 5.92 Å². The van der Waals surface area contributed by atoms with E-state index in [-0.39, 0.29) is 6.04 Å². The van der Waals surface area contributed by atoms with Crippen LogP contribution in [0.2, 0.25) is 0 Å². The fourth-order valence-corrected chi connectivity index (χ4v) is 3.44. The summed E-state index contributed by atoms with van der Waals surface area (Å²) < 4.78 is 0. The van der Waals surface area contributed by atoms with Crippen molar-refractivity contribution in [1.82, 2.24) is 4.98 Å². The first-order chi connectivity index (χ1) is 7.79. The molecule has 0 bridgehead atoms. The van der Waals surface area contributed by atoms with Crippen LogP contribution in [0.4, 0.5) is 0 Å². The summed E-state index contributed by atoms with van der Waals surface area (Å²) in [5.41, 5.74) is 8.67. The minimum atomic E-state index is 0.287. The fourth-order valence-electron chi connectivity index (χ4n) is 2.08. The minimum Gasteiger partial charge on any atom is -0.327 e. The van der Waals surface area contributed by atoms with Gasteiger partial charge in [0.05, 0.1) is 0 Å². The number of nitrogens with two attached hydrogens (primary N) is 1. The van der Waals surface area contributed by atoms with Gasteiger partial charge in [-0.25, -0.2) is 0 Å². The molecule has 2 heterocycles. The Balaban J connectivity index is 1.92. The van der Waals surface area contributed by atoms with Gasteiger partial charge in [-0.15, -0.1) is 0 Å². The topological polar surface area (TPSA) is 38.9 Å². The number of rotatable bonds is 4. The van der Waals surface area contributed by atoms with Crippen LogP contribution in [0.3, 0.4) is 0 Å². The molecule has 0 spiro atoms. The Morgan fingerprint density at radius 1 is 1.56 bits per heavy atom. The summed E-state index contributed by atoms with van der Waals surface area (Å²) in [7, 11) is 0. The van der Waals surface area contributed by atoms with Gasteiger partial charge in [-0.2, -0.15) is 11.8 Å². The number of nitrogens with zero attached hydrogens (tertiary/aromatic N) is 1.